The zero-order valence-corrected chi connectivity index (χ0v) is 18.8. The van der Waals surface area contributed by atoms with E-state index in [1.807, 2.05) is 48.5 Å². The van der Waals surface area contributed by atoms with Crippen LogP contribution in [0.5, 0.6) is 0 Å². The molecule has 2 aromatic heterocycles. The maximum atomic E-state index is 13.9. The summed E-state index contributed by atoms with van der Waals surface area (Å²) in [6.45, 7) is 0.185. The minimum Gasteiger partial charge on any atom is -0.346 e. The van der Waals surface area contributed by atoms with E-state index in [0.717, 1.165) is 10.9 Å². The molecule has 0 aliphatic carbocycles. The molecule has 0 aliphatic rings. The number of benzene rings is 3. The van der Waals surface area contributed by atoms with Gasteiger partial charge >= 0.3 is 0 Å². The number of aromatic nitrogens is 3. The Morgan fingerprint density at radius 1 is 0.882 bits per heavy atom. The van der Waals surface area contributed by atoms with Gasteiger partial charge in [0.2, 0.25) is 0 Å². The number of nitrogens with zero attached hydrogens (tertiary/aromatic N) is 3. The molecule has 0 atom stereocenters. The quantitative estimate of drug-likeness (QED) is 0.402. The Labute approximate surface area is 196 Å². The SMILES string of the molecule is O=C(NCc1cnccn1)c1cccc(S(=O)(=O)n2c(-c3ccccc3)cc3ccccc32)c1. The van der Waals surface area contributed by atoms with E-state index in [9.17, 15) is 13.2 Å². The third kappa shape index (κ3) is 4.06. The second-order valence-corrected chi connectivity index (χ2v) is 9.42. The van der Waals surface area contributed by atoms with Crippen molar-refractivity contribution in [3.05, 3.63) is 115 Å². The van der Waals surface area contributed by atoms with Gasteiger partial charge in [-0.05, 0) is 35.9 Å². The molecular formula is C26H20N4O3S. The zero-order chi connectivity index (χ0) is 23.5. The molecular weight excluding hydrogens is 448 g/mol. The molecule has 7 nitrogen and oxygen atoms in total. The average Bonchev–Trinajstić information content (AvgIpc) is 3.29. The summed E-state index contributed by atoms with van der Waals surface area (Å²) in [7, 11) is -4.01. The molecule has 0 saturated heterocycles. The Hall–Kier alpha value is -4.30. The summed E-state index contributed by atoms with van der Waals surface area (Å²) in [6, 6.07) is 24.6. The standard InChI is InChI=1S/C26H20N4O3S/c31-26(29-18-22-17-27-13-14-28-22)21-10-6-11-23(15-21)34(32,33)30-24-12-5-4-9-20(24)16-25(30)19-7-2-1-3-8-19/h1-17H,18H2,(H,29,31). The first kappa shape index (κ1) is 21.5. The van der Waals surface area contributed by atoms with Crippen molar-refractivity contribution >= 4 is 26.8 Å². The van der Waals surface area contributed by atoms with Gasteiger partial charge in [-0.1, -0.05) is 54.6 Å². The number of para-hydroxylation sites is 1. The Bertz CT molecular complexity index is 1580. The fourth-order valence-corrected chi connectivity index (χ4v) is 5.38. The first-order chi connectivity index (χ1) is 16.5. The smallest absolute Gasteiger partial charge is 0.268 e. The van der Waals surface area contributed by atoms with Crippen LogP contribution in [0.25, 0.3) is 22.2 Å². The van der Waals surface area contributed by atoms with E-state index in [1.165, 1.54) is 16.1 Å². The summed E-state index contributed by atoms with van der Waals surface area (Å²) in [6.07, 6.45) is 4.65. The number of fused-ring (bicyclic) bond motifs is 1. The van der Waals surface area contributed by atoms with E-state index in [0.29, 0.717) is 16.9 Å². The molecule has 3 aromatic carbocycles. The van der Waals surface area contributed by atoms with Gasteiger partial charge < -0.3 is 5.32 Å². The molecule has 0 unspecified atom stereocenters. The van der Waals surface area contributed by atoms with Crippen LogP contribution in [0, 0.1) is 0 Å². The summed E-state index contributed by atoms with van der Waals surface area (Å²) in [5.41, 5.74) is 2.74. The normalized spacial score (nSPS) is 11.4. The third-order valence-electron chi connectivity index (χ3n) is 5.42. The highest BCUT2D eigenvalue weighted by atomic mass is 32.2. The fraction of sp³-hybridized carbons (Fsp3) is 0.0385. The molecule has 8 heteroatoms. The van der Waals surface area contributed by atoms with E-state index in [4.69, 9.17) is 0 Å². The fourth-order valence-electron chi connectivity index (χ4n) is 3.80. The second-order valence-electron chi connectivity index (χ2n) is 7.63. The first-order valence-corrected chi connectivity index (χ1v) is 12.0. The lowest BCUT2D eigenvalue weighted by molar-refractivity contribution is 0.0950. The van der Waals surface area contributed by atoms with Crippen LogP contribution in [0.2, 0.25) is 0 Å². The number of hydrogen-bond donors (Lipinski definition) is 1. The predicted molar refractivity (Wildman–Crippen MR) is 130 cm³/mol. The molecule has 34 heavy (non-hydrogen) atoms. The molecule has 0 aliphatic heterocycles. The second kappa shape index (κ2) is 8.92. The third-order valence-corrected chi connectivity index (χ3v) is 7.14. The average molecular weight is 469 g/mol. The number of hydrogen-bond acceptors (Lipinski definition) is 5. The summed E-state index contributed by atoms with van der Waals surface area (Å²) < 4.78 is 29.1. The van der Waals surface area contributed by atoms with Crippen molar-refractivity contribution in [2.24, 2.45) is 0 Å². The number of carbonyl (C=O) groups is 1. The van der Waals surface area contributed by atoms with Crippen LogP contribution in [0.3, 0.4) is 0 Å². The van der Waals surface area contributed by atoms with Crippen LogP contribution >= 0.6 is 0 Å². The van der Waals surface area contributed by atoms with Gasteiger partial charge in [-0.15, -0.1) is 0 Å². The molecule has 168 valence electrons. The van der Waals surface area contributed by atoms with Gasteiger partial charge in [0, 0.05) is 23.3 Å². The van der Waals surface area contributed by atoms with Crippen LogP contribution < -0.4 is 5.32 Å². The summed E-state index contributed by atoms with van der Waals surface area (Å²) in [4.78, 5) is 20.8. The highest BCUT2D eigenvalue weighted by Gasteiger charge is 2.24. The number of amides is 1. The molecule has 0 fully saturated rings. The van der Waals surface area contributed by atoms with Crippen molar-refractivity contribution in [2.75, 3.05) is 0 Å². The number of carbonyl (C=O) groups excluding carboxylic acids is 1. The van der Waals surface area contributed by atoms with Gasteiger partial charge in [0.25, 0.3) is 15.9 Å². The minimum absolute atomic E-state index is 0.0261. The Kier molecular flexibility index (Phi) is 5.65. The van der Waals surface area contributed by atoms with Crippen molar-refractivity contribution in [3.63, 3.8) is 0 Å². The summed E-state index contributed by atoms with van der Waals surface area (Å²) in [5, 5.41) is 3.56. The predicted octanol–water partition coefficient (Wildman–Crippen LogP) is 4.27. The van der Waals surface area contributed by atoms with E-state index in [1.54, 1.807) is 42.9 Å². The van der Waals surface area contributed by atoms with Crippen LogP contribution in [0.15, 0.2) is 108 Å². The molecule has 0 spiro atoms. The summed E-state index contributed by atoms with van der Waals surface area (Å²) >= 11 is 0. The number of nitrogens with one attached hydrogen (secondary N) is 1. The highest BCUT2D eigenvalue weighted by molar-refractivity contribution is 7.90. The van der Waals surface area contributed by atoms with E-state index < -0.39 is 15.9 Å². The summed E-state index contributed by atoms with van der Waals surface area (Å²) in [5.74, 6) is -0.400. The Morgan fingerprint density at radius 2 is 1.68 bits per heavy atom. The van der Waals surface area contributed by atoms with Gasteiger partial charge in [0.15, 0.2) is 0 Å². The lowest BCUT2D eigenvalue weighted by Gasteiger charge is -2.13. The molecule has 1 N–H and O–H groups in total. The largest absolute Gasteiger partial charge is 0.346 e. The molecule has 0 saturated carbocycles. The van der Waals surface area contributed by atoms with Crippen molar-refractivity contribution in [3.8, 4) is 11.3 Å². The first-order valence-electron chi connectivity index (χ1n) is 10.6. The maximum absolute atomic E-state index is 13.9. The van der Waals surface area contributed by atoms with E-state index in [2.05, 4.69) is 15.3 Å². The lowest BCUT2D eigenvalue weighted by atomic mass is 10.1. The molecule has 5 rings (SSSR count). The topological polar surface area (TPSA) is 94.0 Å². The van der Waals surface area contributed by atoms with Gasteiger partial charge in [0.05, 0.1) is 34.5 Å². The molecule has 1 amide bonds. The molecule has 0 bridgehead atoms. The molecule has 0 radical (unpaired) electrons. The molecule has 2 heterocycles. The van der Waals surface area contributed by atoms with Gasteiger partial charge in [-0.2, -0.15) is 0 Å². The van der Waals surface area contributed by atoms with E-state index in [-0.39, 0.29) is 17.0 Å². The number of rotatable bonds is 6. The Morgan fingerprint density at radius 3 is 2.47 bits per heavy atom. The van der Waals surface area contributed by atoms with Crippen LogP contribution in [0.4, 0.5) is 0 Å². The zero-order valence-electron chi connectivity index (χ0n) is 18.0. The minimum atomic E-state index is -4.01. The van der Waals surface area contributed by atoms with Crippen molar-refractivity contribution < 1.29 is 13.2 Å². The van der Waals surface area contributed by atoms with Crippen LogP contribution in [0.1, 0.15) is 16.1 Å². The highest BCUT2D eigenvalue weighted by Crippen LogP contribution is 2.32. The van der Waals surface area contributed by atoms with Gasteiger partial charge in [-0.3, -0.25) is 14.8 Å². The lowest BCUT2D eigenvalue weighted by Crippen LogP contribution is -2.24. The molecule has 5 aromatic rings. The maximum Gasteiger partial charge on any atom is 0.268 e. The Balaban J connectivity index is 1.55. The van der Waals surface area contributed by atoms with Crippen molar-refractivity contribution in [1.29, 1.82) is 0 Å². The van der Waals surface area contributed by atoms with Gasteiger partial charge in [-0.25, -0.2) is 12.4 Å². The van der Waals surface area contributed by atoms with Crippen molar-refractivity contribution in [2.45, 2.75) is 11.4 Å². The monoisotopic (exact) mass is 468 g/mol. The van der Waals surface area contributed by atoms with Crippen molar-refractivity contribution in [1.82, 2.24) is 19.3 Å². The van der Waals surface area contributed by atoms with Gasteiger partial charge in [0.1, 0.15) is 0 Å². The van der Waals surface area contributed by atoms with Crippen LogP contribution in [-0.2, 0) is 16.6 Å². The van der Waals surface area contributed by atoms with Crippen LogP contribution in [-0.4, -0.2) is 28.3 Å². The van der Waals surface area contributed by atoms with E-state index >= 15 is 0 Å².